The van der Waals surface area contributed by atoms with E-state index >= 15 is 0 Å². The Hall–Kier alpha value is -1.99. The molecule has 2 saturated heterocycles. The van der Waals surface area contributed by atoms with Gasteiger partial charge in [0.2, 0.25) is 0 Å². The van der Waals surface area contributed by atoms with Crippen molar-refractivity contribution in [1.29, 1.82) is 0 Å². The van der Waals surface area contributed by atoms with Crippen molar-refractivity contribution in [3.63, 3.8) is 0 Å². The molecule has 0 spiro atoms. The van der Waals surface area contributed by atoms with Crippen LogP contribution in [0.3, 0.4) is 0 Å². The molecule has 5 nitrogen and oxygen atoms in total. The monoisotopic (exact) mass is 423 g/mol. The molecule has 30 heavy (non-hydrogen) atoms. The summed E-state index contributed by atoms with van der Waals surface area (Å²) in [4.78, 5) is 10.1. The summed E-state index contributed by atoms with van der Waals surface area (Å²) in [7, 11) is 0. The number of nitrogens with zero attached hydrogens (tertiary/aromatic N) is 3. The maximum absolute atomic E-state index is 9.94. The topological polar surface area (TPSA) is 48.8 Å². The van der Waals surface area contributed by atoms with E-state index in [0.717, 1.165) is 61.8 Å². The van der Waals surface area contributed by atoms with E-state index < -0.39 is 0 Å². The van der Waals surface area contributed by atoms with Crippen molar-refractivity contribution in [2.24, 2.45) is 0 Å². The molecule has 2 fully saturated rings. The highest BCUT2D eigenvalue weighted by atomic mass is 32.1. The fourth-order valence-electron chi connectivity index (χ4n) is 4.48. The van der Waals surface area contributed by atoms with Gasteiger partial charge in [0, 0.05) is 44.8 Å². The normalized spacial score (nSPS) is 23.2. The Labute approximate surface area is 181 Å². The quantitative estimate of drug-likeness (QED) is 0.677. The maximum Gasteiger partial charge on any atom is 0.147 e. The van der Waals surface area contributed by atoms with E-state index in [1.807, 2.05) is 0 Å². The average Bonchev–Trinajstić information content (AvgIpc) is 3.27. The molecule has 2 aromatic heterocycles. The van der Waals surface area contributed by atoms with Gasteiger partial charge in [0.25, 0.3) is 0 Å². The number of benzene rings is 1. The van der Waals surface area contributed by atoms with Gasteiger partial charge in [-0.05, 0) is 41.4 Å². The third kappa shape index (κ3) is 3.97. The number of piperazine rings is 1. The molecule has 4 heterocycles. The van der Waals surface area contributed by atoms with Crippen LogP contribution in [-0.2, 0) is 4.74 Å². The van der Waals surface area contributed by atoms with Crippen molar-refractivity contribution in [2.45, 2.75) is 32.0 Å². The molecular weight excluding hydrogens is 394 g/mol. The highest BCUT2D eigenvalue weighted by molar-refractivity contribution is 7.17. The zero-order valence-corrected chi connectivity index (χ0v) is 18.3. The van der Waals surface area contributed by atoms with E-state index in [4.69, 9.17) is 9.72 Å². The summed E-state index contributed by atoms with van der Waals surface area (Å²) in [6.45, 7) is 8.21. The van der Waals surface area contributed by atoms with Crippen LogP contribution in [0.25, 0.3) is 21.3 Å². The smallest absolute Gasteiger partial charge is 0.147 e. The Morgan fingerprint density at radius 2 is 1.93 bits per heavy atom. The molecule has 0 bridgehead atoms. The Kier molecular flexibility index (Phi) is 5.74. The number of aliphatic hydroxyl groups excluding tert-OH is 1. The summed E-state index contributed by atoms with van der Waals surface area (Å²) >= 11 is 1.78. The first kappa shape index (κ1) is 19.9. The zero-order chi connectivity index (χ0) is 20.5. The summed E-state index contributed by atoms with van der Waals surface area (Å²) < 4.78 is 7.14. The van der Waals surface area contributed by atoms with Crippen LogP contribution in [0, 0.1) is 0 Å². The van der Waals surface area contributed by atoms with Gasteiger partial charge in [-0.1, -0.05) is 31.2 Å². The number of hydrogen-bond acceptors (Lipinski definition) is 6. The fraction of sp³-hybridized carbons (Fsp3) is 0.458. The van der Waals surface area contributed by atoms with Crippen LogP contribution >= 0.6 is 11.3 Å². The molecule has 0 aliphatic carbocycles. The van der Waals surface area contributed by atoms with Crippen molar-refractivity contribution in [3.05, 3.63) is 47.3 Å². The molecule has 0 radical (unpaired) electrons. The first-order valence-electron chi connectivity index (χ1n) is 11.0. The molecule has 158 valence electrons. The van der Waals surface area contributed by atoms with E-state index in [2.05, 4.69) is 58.5 Å². The van der Waals surface area contributed by atoms with Gasteiger partial charge in [0.05, 0.1) is 22.6 Å². The van der Waals surface area contributed by atoms with Crippen LogP contribution < -0.4 is 4.90 Å². The van der Waals surface area contributed by atoms with Crippen LogP contribution in [0.5, 0.6) is 0 Å². The lowest BCUT2D eigenvalue weighted by molar-refractivity contribution is -0.0447. The van der Waals surface area contributed by atoms with Crippen LogP contribution in [0.4, 0.5) is 5.82 Å². The molecular formula is C24H29N3O2S. The van der Waals surface area contributed by atoms with Gasteiger partial charge < -0.3 is 19.6 Å². The second-order valence-corrected chi connectivity index (χ2v) is 9.17. The van der Waals surface area contributed by atoms with E-state index in [-0.39, 0.29) is 12.2 Å². The minimum atomic E-state index is -0.262. The molecule has 5 rings (SSSR count). The molecule has 0 amide bonds. The minimum absolute atomic E-state index is 0.0134. The van der Waals surface area contributed by atoms with Gasteiger partial charge in [-0.15, -0.1) is 11.3 Å². The second kappa shape index (κ2) is 8.63. The second-order valence-electron chi connectivity index (χ2n) is 8.25. The predicted octanol–water partition coefficient (Wildman–Crippen LogP) is 4.32. The highest BCUT2D eigenvalue weighted by Gasteiger charge is 2.23. The Balaban J connectivity index is 1.43. The largest absolute Gasteiger partial charge is 0.393 e. The number of anilines is 1. The van der Waals surface area contributed by atoms with Crippen molar-refractivity contribution in [3.8, 4) is 11.3 Å². The summed E-state index contributed by atoms with van der Waals surface area (Å²) in [5.74, 6) is 1.12. The van der Waals surface area contributed by atoms with Gasteiger partial charge in [0.15, 0.2) is 0 Å². The van der Waals surface area contributed by atoms with E-state index in [9.17, 15) is 5.11 Å². The lowest BCUT2D eigenvalue weighted by Gasteiger charge is -2.35. The molecule has 1 aromatic carbocycles. The number of fused-ring (bicyclic) bond motifs is 1. The summed E-state index contributed by atoms with van der Waals surface area (Å²) in [6, 6.07) is 12.9. The summed E-state index contributed by atoms with van der Waals surface area (Å²) in [6.07, 6.45) is 1.13. The lowest BCUT2D eigenvalue weighted by Crippen LogP contribution is -2.46. The van der Waals surface area contributed by atoms with Crippen LogP contribution in [0.2, 0.25) is 0 Å². The molecule has 3 aromatic rings. The van der Waals surface area contributed by atoms with Gasteiger partial charge in [-0.2, -0.15) is 0 Å². The van der Waals surface area contributed by atoms with Crippen molar-refractivity contribution < 1.29 is 9.84 Å². The molecule has 6 heteroatoms. The molecule has 2 atom stereocenters. The third-order valence-corrected chi connectivity index (χ3v) is 7.30. The van der Waals surface area contributed by atoms with Gasteiger partial charge in [-0.3, -0.25) is 0 Å². The van der Waals surface area contributed by atoms with Crippen LogP contribution in [-0.4, -0.2) is 60.4 Å². The van der Waals surface area contributed by atoms with E-state index in [1.54, 1.807) is 11.3 Å². The number of hydrogen-bond donors (Lipinski definition) is 1. The maximum atomic E-state index is 9.94. The summed E-state index contributed by atoms with van der Waals surface area (Å²) in [5, 5.41) is 13.4. The highest BCUT2D eigenvalue weighted by Crippen LogP contribution is 2.35. The third-order valence-electron chi connectivity index (χ3n) is 6.37. The molecule has 1 N–H and O–H groups in total. The number of ether oxygens (including phenoxy) is 1. The van der Waals surface area contributed by atoms with Crippen molar-refractivity contribution in [1.82, 2.24) is 9.88 Å². The first-order chi connectivity index (χ1) is 14.7. The Morgan fingerprint density at radius 1 is 1.13 bits per heavy atom. The van der Waals surface area contributed by atoms with E-state index in [1.165, 1.54) is 10.1 Å². The number of likely N-dealkylation sites (N-methyl/N-ethyl adjacent to an activating group) is 1. The first-order valence-corrected chi connectivity index (χ1v) is 11.8. The van der Waals surface area contributed by atoms with Gasteiger partial charge >= 0.3 is 0 Å². The number of aliphatic hydroxyl groups is 1. The van der Waals surface area contributed by atoms with E-state index in [0.29, 0.717) is 13.0 Å². The van der Waals surface area contributed by atoms with Gasteiger partial charge in [-0.25, -0.2) is 4.98 Å². The van der Waals surface area contributed by atoms with Crippen LogP contribution in [0.15, 0.2) is 41.8 Å². The van der Waals surface area contributed by atoms with Crippen molar-refractivity contribution in [2.75, 3.05) is 44.2 Å². The van der Waals surface area contributed by atoms with Gasteiger partial charge in [0.1, 0.15) is 5.82 Å². The average molecular weight is 424 g/mol. The number of rotatable bonds is 4. The Bertz CT molecular complexity index is 995. The Morgan fingerprint density at radius 3 is 2.67 bits per heavy atom. The molecule has 1 unspecified atom stereocenters. The predicted molar refractivity (Wildman–Crippen MR) is 123 cm³/mol. The zero-order valence-electron chi connectivity index (χ0n) is 17.5. The SMILES string of the molecule is CCN1CCN(c2nc(-c3ccc(C4C[C@@H](O)CCO4)cc3)cc3ccsc23)CC1. The fourth-order valence-corrected chi connectivity index (χ4v) is 5.37. The summed E-state index contributed by atoms with van der Waals surface area (Å²) in [5.41, 5.74) is 3.27. The number of thiophene rings is 1. The minimum Gasteiger partial charge on any atom is -0.393 e. The number of aromatic nitrogens is 1. The molecule has 0 saturated carbocycles. The molecule has 2 aliphatic rings. The molecule has 2 aliphatic heterocycles. The van der Waals surface area contributed by atoms with Crippen LogP contribution in [0.1, 0.15) is 31.4 Å². The lowest BCUT2D eigenvalue weighted by atomic mass is 9.98. The van der Waals surface area contributed by atoms with Crippen molar-refractivity contribution >= 4 is 27.2 Å². The standard InChI is InChI=1S/C24H29N3O2S/c1-2-26-9-11-27(12-10-26)24-23-19(8-14-30-23)15-21(25-24)17-3-5-18(6-4-17)22-16-20(28)7-13-29-22/h3-6,8,14-15,20,22,28H,2,7,9-13,16H2,1H3/t20-,22?/m0/s1. The number of pyridine rings is 1.